The Kier molecular flexibility index (Phi) is 5.28. The first-order valence-electron chi connectivity index (χ1n) is 9.91. The van der Waals surface area contributed by atoms with Crippen LogP contribution in [0.5, 0.6) is 0 Å². The second-order valence-corrected chi connectivity index (χ2v) is 8.08. The Labute approximate surface area is 161 Å². The van der Waals surface area contributed by atoms with E-state index in [1.54, 1.807) is 0 Å². The molecule has 1 saturated carbocycles. The van der Waals surface area contributed by atoms with Crippen molar-refractivity contribution in [3.8, 4) is 11.1 Å². The number of rotatable bonds is 4. The molecule has 1 aliphatic heterocycles. The van der Waals surface area contributed by atoms with Crippen LogP contribution in [-0.4, -0.2) is 41.1 Å². The van der Waals surface area contributed by atoms with Crippen molar-refractivity contribution in [3.05, 3.63) is 60.2 Å². The van der Waals surface area contributed by atoms with Crippen LogP contribution in [0.4, 0.5) is 0 Å². The number of likely N-dealkylation sites (tertiary alicyclic amines) is 1. The normalized spacial score (nSPS) is 27.9. The van der Waals surface area contributed by atoms with E-state index in [1.165, 1.54) is 23.6 Å². The molecule has 1 aliphatic carbocycles. The minimum atomic E-state index is -0.424. The molecule has 2 aromatic carbocycles. The summed E-state index contributed by atoms with van der Waals surface area (Å²) in [5, 5.41) is 13.3. The van der Waals surface area contributed by atoms with Gasteiger partial charge in [-0.1, -0.05) is 54.6 Å². The molecule has 0 unspecified atom stereocenters. The van der Waals surface area contributed by atoms with E-state index in [-0.39, 0.29) is 11.9 Å². The van der Waals surface area contributed by atoms with Crippen molar-refractivity contribution in [1.82, 2.24) is 10.2 Å². The number of nitrogens with zero attached hydrogens (tertiary/aromatic N) is 1. The Morgan fingerprint density at radius 3 is 2.44 bits per heavy atom. The number of amides is 1. The SMILES string of the molecule is CC(=O)N[C@@H]1C[C@@H]2CN(Cc3ccccc3-c3ccccc3)C[C@@H]2C[C@H]1O. The van der Waals surface area contributed by atoms with E-state index in [4.69, 9.17) is 0 Å². The number of aliphatic hydroxyl groups excluding tert-OH is 1. The van der Waals surface area contributed by atoms with Crippen molar-refractivity contribution in [2.75, 3.05) is 13.1 Å². The number of aliphatic hydroxyl groups is 1. The number of hydrogen-bond acceptors (Lipinski definition) is 3. The predicted octanol–water partition coefficient (Wildman–Crippen LogP) is 3.06. The maximum Gasteiger partial charge on any atom is 0.217 e. The summed E-state index contributed by atoms with van der Waals surface area (Å²) in [6, 6.07) is 19.1. The second kappa shape index (κ2) is 7.83. The average Bonchev–Trinajstić information content (AvgIpc) is 3.04. The molecular weight excluding hydrogens is 336 g/mol. The van der Waals surface area contributed by atoms with Crippen LogP contribution in [-0.2, 0) is 11.3 Å². The summed E-state index contributed by atoms with van der Waals surface area (Å²) in [4.78, 5) is 13.9. The number of benzene rings is 2. The van der Waals surface area contributed by atoms with Crippen LogP contribution >= 0.6 is 0 Å². The zero-order chi connectivity index (χ0) is 18.8. The quantitative estimate of drug-likeness (QED) is 0.877. The second-order valence-electron chi connectivity index (χ2n) is 8.08. The van der Waals surface area contributed by atoms with Gasteiger partial charge in [0.25, 0.3) is 0 Å². The van der Waals surface area contributed by atoms with E-state index in [2.05, 4.69) is 58.7 Å². The van der Waals surface area contributed by atoms with Gasteiger partial charge >= 0.3 is 0 Å². The monoisotopic (exact) mass is 364 g/mol. The molecule has 1 amide bonds. The number of nitrogens with one attached hydrogen (secondary N) is 1. The van der Waals surface area contributed by atoms with Gasteiger partial charge in [0.05, 0.1) is 12.1 Å². The number of carbonyl (C=O) groups is 1. The zero-order valence-corrected chi connectivity index (χ0v) is 15.8. The molecule has 1 heterocycles. The molecule has 4 rings (SSSR count). The van der Waals surface area contributed by atoms with E-state index >= 15 is 0 Å². The van der Waals surface area contributed by atoms with Crippen molar-refractivity contribution in [3.63, 3.8) is 0 Å². The average molecular weight is 364 g/mol. The van der Waals surface area contributed by atoms with Crippen LogP contribution in [0.1, 0.15) is 25.3 Å². The zero-order valence-electron chi connectivity index (χ0n) is 15.8. The van der Waals surface area contributed by atoms with Crippen molar-refractivity contribution in [1.29, 1.82) is 0 Å². The molecule has 0 aromatic heterocycles. The van der Waals surface area contributed by atoms with Gasteiger partial charge in [0.2, 0.25) is 5.91 Å². The van der Waals surface area contributed by atoms with Gasteiger partial charge in [-0.2, -0.15) is 0 Å². The van der Waals surface area contributed by atoms with Crippen LogP contribution in [0.15, 0.2) is 54.6 Å². The number of carbonyl (C=O) groups excluding carboxylic acids is 1. The summed E-state index contributed by atoms with van der Waals surface area (Å²) in [6.07, 6.45) is 1.24. The van der Waals surface area contributed by atoms with Crippen molar-refractivity contribution >= 4 is 5.91 Å². The molecule has 2 aliphatic rings. The summed E-state index contributed by atoms with van der Waals surface area (Å²) in [5.41, 5.74) is 3.90. The van der Waals surface area contributed by atoms with E-state index in [9.17, 15) is 9.90 Å². The Bertz CT molecular complexity index is 792. The lowest BCUT2D eigenvalue weighted by atomic mass is 9.77. The first-order valence-corrected chi connectivity index (χ1v) is 9.91. The van der Waals surface area contributed by atoms with Crippen LogP contribution in [0.25, 0.3) is 11.1 Å². The van der Waals surface area contributed by atoms with Gasteiger partial charge in [-0.3, -0.25) is 9.69 Å². The van der Waals surface area contributed by atoms with Crippen LogP contribution < -0.4 is 5.32 Å². The highest BCUT2D eigenvalue weighted by molar-refractivity contribution is 5.73. The van der Waals surface area contributed by atoms with Crippen LogP contribution in [0, 0.1) is 11.8 Å². The number of hydrogen-bond donors (Lipinski definition) is 2. The summed E-state index contributed by atoms with van der Waals surface area (Å²) in [5.74, 6) is 1.02. The summed E-state index contributed by atoms with van der Waals surface area (Å²) in [7, 11) is 0. The smallest absolute Gasteiger partial charge is 0.217 e. The molecule has 0 radical (unpaired) electrons. The van der Waals surface area contributed by atoms with Gasteiger partial charge in [0, 0.05) is 26.6 Å². The molecule has 4 heteroatoms. The summed E-state index contributed by atoms with van der Waals surface area (Å²) >= 11 is 0. The topological polar surface area (TPSA) is 52.6 Å². The van der Waals surface area contributed by atoms with Crippen LogP contribution in [0.2, 0.25) is 0 Å². The van der Waals surface area contributed by atoms with Crippen molar-refractivity contribution in [2.24, 2.45) is 11.8 Å². The predicted molar refractivity (Wildman–Crippen MR) is 107 cm³/mol. The molecule has 2 aromatic rings. The lowest BCUT2D eigenvalue weighted by Crippen LogP contribution is -2.48. The third kappa shape index (κ3) is 4.07. The molecule has 27 heavy (non-hydrogen) atoms. The highest BCUT2D eigenvalue weighted by Gasteiger charge is 2.41. The molecule has 1 saturated heterocycles. The van der Waals surface area contributed by atoms with Gasteiger partial charge in [0.15, 0.2) is 0 Å². The van der Waals surface area contributed by atoms with Gasteiger partial charge in [-0.25, -0.2) is 0 Å². The molecule has 4 nitrogen and oxygen atoms in total. The summed E-state index contributed by atoms with van der Waals surface area (Å²) < 4.78 is 0. The lowest BCUT2D eigenvalue weighted by Gasteiger charge is -2.35. The molecule has 0 bridgehead atoms. The highest BCUT2D eigenvalue weighted by atomic mass is 16.3. The van der Waals surface area contributed by atoms with Crippen molar-refractivity contribution < 1.29 is 9.90 Å². The fraction of sp³-hybridized carbons (Fsp3) is 0.435. The molecule has 4 atom stereocenters. The van der Waals surface area contributed by atoms with E-state index < -0.39 is 6.10 Å². The third-order valence-electron chi connectivity index (χ3n) is 6.10. The summed E-state index contributed by atoms with van der Waals surface area (Å²) in [6.45, 7) is 4.52. The molecule has 0 spiro atoms. The first kappa shape index (κ1) is 18.2. The van der Waals surface area contributed by atoms with E-state index in [0.717, 1.165) is 32.5 Å². The maximum absolute atomic E-state index is 11.4. The minimum Gasteiger partial charge on any atom is -0.391 e. The molecule has 2 fully saturated rings. The molecule has 142 valence electrons. The minimum absolute atomic E-state index is 0.0517. The molecule has 2 N–H and O–H groups in total. The highest BCUT2D eigenvalue weighted by Crippen LogP contribution is 2.37. The Morgan fingerprint density at radius 2 is 1.70 bits per heavy atom. The first-order chi connectivity index (χ1) is 13.1. The molecular formula is C23H28N2O2. The number of fused-ring (bicyclic) bond motifs is 1. The lowest BCUT2D eigenvalue weighted by molar-refractivity contribution is -0.121. The largest absolute Gasteiger partial charge is 0.391 e. The van der Waals surface area contributed by atoms with Gasteiger partial charge < -0.3 is 10.4 Å². The van der Waals surface area contributed by atoms with E-state index in [0.29, 0.717) is 11.8 Å². The fourth-order valence-corrected chi connectivity index (χ4v) is 4.87. The van der Waals surface area contributed by atoms with Crippen LogP contribution in [0.3, 0.4) is 0 Å². The fourth-order valence-electron chi connectivity index (χ4n) is 4.87. The Hall–Kier alpha value is -2.17. The van der Waals surface area contributed by atoms with Gasteiger partial charge in [-0.05, 0) is 41.4 Å². The Morgan fingerprint density at radius 1 is 1.04 bits per heavy atom. The van der Waals surface area contributed by atoms with Gasteiger partial charge in [-0.15, -0.1) is 0 Å². The Balaban J connectivity index is 1.46. The van der Waals surface area contributed by atoms with Crippen molar-refractivity contribution in [2.45, 2.75) is 38.5 Å². The van der Waals surface area contributed by atoms with Gasteiger partial charge in [0.1, 0.15) is 0 Å². The maximum atomic E-state index is 11.4. The standard InChI is InChI=1S/C23H28N2O2/c1-16(26)24-22-11-19-14-25(15-20(19)12-23(22)27)13-18-9-5-6-10-21(18)17-7-3-2-4-8-17/h2-10,19-20,22-23,27H,11-15H2,1H3,(H,24,26)/t19-,20+,22-,23-/m1/s1. The van der Waals surface area contributed by atoms with E-state index in [1.807, 2.05) is 6.07 Å². The third-order valence-corrected chi connectivity index (χ3v) is 6.10.